The molecule has 35 heavy (non-hydrogen) atoms. The summed E-state index contributed by atoms with van der Waals surface area (Å²) in [6.45, 7) is 2.86. The molecule has 1 aliphatic rings. The van der Waals surface area contributed by atoms with Gasteiger partial charge in [-0.3, -0.25) is 4.79 Å². The highest BCUT2D eigenvalue weighted by Crippen LogP contribution is 2.35. The summed E-state index contributed by atoms with van der Waals surface area (Å²) >= 11 is 0. The number of hydrogen-bond donors (Lipinski definition) is 1. The average molecular weight is 489 g/mol. The fourth-order valence-corrected chi connectivity index (χ4v) is 4.71. The second-order valence-electron chi connectivity index (χ2n) is 8.47. The number of carbonyl (C=O) groups is 1. The van der Waals surface area contributed by atoms with E-state index in [4.69, 9.17) is 14.5 Å². The van der Waals surface area contributed by atoms with E-state index in [0.29, 0.717) is 41.5 Å². The van der Waals surface area contributed by atoms with Crippen LogP contribution in [-0.2, 0) is 9.84 Å². The van der Waals surface area contributed by atoms with Crippen LogP contribution < -0.4 is 14.8 Å². The van der Waals surface area contributed by atoms with E-state index in [2.05, 4.69) is 5.32 Å². The molecule has 3 aromatic carbocycles. The number of benzene rings is 3. The zero-order chi connectivity index (χ0) is 24.6. The zero-order valence-electron chi connectivity index (χ0n) is 19.3. The van der Waals surface area contributed by atoms with Crippen molar-refractivity contribution in [2.75, 3.05) is 19.5 Å². The molecule has 1 unspecified atom stereocenters. The molecule has 0 spiro atoms. The lowest BCUT2D eigenvalue weighted by atomic mass is 10.0. The van der Waals surface area contributed by atoms with E-state index in [1.165, 1.54) is 6.26 Å². The van der Waals surface area contributed by atoms with Crippen molar-refractivity contribution < 1.29 is 22.7 Å². The van der Waals surface area contributed by atoms with Gasteiger partial charge in [-0.25, -0.2) is 13.4 Å². The Hall–Kier alpha value is -3.91. The Bertz CT molecular complexity index is 1530. The summed E-state index contributed by atoms with van der Waals surface area (Å²) < 4.78 is 34.8. The summed E-state index contributed by atoms with van der Waals surface area (Å²) in [4.78, 5) is 18.4. The van der Waals surface area contributed by atoms with Crippen molar-refractivity contribution in [2.24, 2.45) is 0 Å². The maximum absolute atomic E-state index is 13.4. The van der Waals surface area contributed by atoms with E-state index in [0.717, 1.165) is 16.5 Å². The Kier molecular flexibility index (Phi) is 5.90. The molecule has 1 aliphatic heterocycles. The van der Waals surface area contributed by atoms with Crippen LogP contribution in [0.4, 0.5) is 0 Å². The minimum atomic E-state index is -3.28. The summed E-state index contributed by atoms with van der Waals surface area (Å²) in [5.41, 5.74) is 3.47. The minimum Gasteiger partial charge on any atom is -0.486 e. The summed E-state index contributed by atoms with van der Waals surface area (Å²) in [5, 5.41) is 3.77. The van der Waals surface area contributed by atoms with Crippen molar-refractivity contribution in [1.82, 2.24) is 10.3 Å². The smallest absolute Gasteiger partial charge is 0.252 e. The van der Waals surface area contributed by atoms with Crippen LogP contribution in [0.15, 0.2) is 77.7 Å². The fraction of sp³-hybridized carbons (Fsp3) is 0.185. The van der Waals surface area contributed by atoms with Crippen molar-refractivity contribution in [1.29, 1.82) is 0 Å². The molecule has 0 saturated heterocycles. The molecule has 1 N–H and O–H groups in total. The first-order chi connectivity index (χ1) is 16.8. The molecule has 0 fully saturated rings. The molecule has 0 bridgehead atoms. The number of para-hydroxylation sites is 1. The number of aromatic nitrogens is 1. The zero-order valence-corrected chi connectivity index (χ0v) is 20.1. The first-order valence-electron chi connectivity index (χ1n) is 11.2. The van der Waals surface area contributed by atoms with E-state index in [9.17, 15) is 13.2 Å². The molecule has 8 heteroatoms. The average Bonchev–Trinajstić information content (AvgIpc) is 2.87. The number of hydrogen-bond acceptors (Lipinski definition) is 6. The molecule has 0 aliphatic carbocycles. The van der Waals surface area contributed by atoms with Gasteiger partial charge in [0.25, 0.3) is 5.91 Å². The maximum Gasteiger partial charge on any atom is 0.252 e. The Morgan fingerprint density at radius 1 is 0.943 bits per heavy atom. The molecule has 1 atom stereocenters. The van der Waals surface area contributed by atoms with E-state index < -0.39 is 9.84 Å². The van der Waals surface area contributed by atoms with Crippen LogP contribution in [0.2, 0.25) is 0 Å². The topological polar surface area (TPSA) is 94.6 Å². The Morgan fingerprint density at radius 3 is 2.40 bits per heavy atom. The Labute approximate surface area is 203 Å². The summed E-state index contributed by atoms with van der Waals surface area (Å²) in [6, 6.07) is 21.1. The highest BCUT2D eigenvalue weighted by atomic mass is 32.2. The molecule has 4 aromatic rings. The van der Waals surface area contributed by atoms with Gasteiger partial charge in [0.1, 0.15) is 13.2 Å². The van der Waals surface area contributed by atoms with Crippen LogP contribution >= 0.6 is 0 Å². The van der Waals surface area contributed by atoms with Crippen LogP contribution in [0.1, 0.15) is 28.9 Å². The van der Waals surface area contributed by atoms with E-state index >= 15 is 0 Å². The summed E-state index contributed by atoms with van der Waals surface area (Å²) in [5.74, 6) is 1.09. The van der Waals surface area contributed by atoms with Gasteiger partial charge in [0.15, 0.2) is 21.3 Å². The molecule has 0 radical (unpaired) electrons. The highest BCUT2D eigenvalue weighted by molar-refractivity contribution is 7.90. The molecular weight excluding hydrogens is 464 g/mol. The molecule has 5 rings (SSSR count). The van der Waals surface area contributed by atoms with Gasteiger partial charge in [-0.15, -0.1) is 0 Å². The number of nitrogens with zero attached hydrogens (tertiary/aromatic N) is 1. The van der Waals surface area contributed by atoms with Gasteiger partial charge < -0.3 is 14.8 Å². The van der Waals surface area contributed by atoms with Crippen LogP contribution in [-0.4, -0.2) is 38.8 Å². The van der Waals surface area contributed by atoms with E-state index in [1.54, 1.807) is 30.3 Å². The normalized spacial score (nSPS) is 13.9. The fourth-order valence-electron chi connectivity index (χ4n) is 4.08. The number of rotatable bonds is 5. The molecule has 7 nitrogen and oxygen atoms in total. The number of amides is 1. The quantitative estimate of drug-likeness (QED) is 0.442. The summed E-state index contributed by atoms with van der Waals surface area (Å²) in [7, 11) is -3.28. The largest absolute Gasteiger partial charge is 0.486 e. The van der Waals surface area contributed by atoms with Crippen molar-refractivity contribution in [3.63, 3.8) is 0 Å². The number of carbonyl (C=O) groups excluding carboxylic acids is 1. The van der Waals surface area contributed by atoms with Crippen molar-refractivity contribution in [3.05, 3.63) is 83.9 Å². The van der Waals surface area contributed by atoms with Gasteiger partial charge in [-0.1, -0.05) is 30.3 Å². The standard InChI is InChI=1S/C27H24N2O5S/c1-17(18-7-10-20(11-8-18)35(2,31)32)28-27(30)22-16-24(29-23-6-4-3-5-21(22)23)19-9-12-25-26(15-19)34-14-13-33-25/h3-12,15-17H,13-14H2,1-2H3,(H,28,30). The number of nitrogens with one attached hydrogen (secondary N) is 1. The predicted molar refractivity (Wildman–Crippen MR) is 134 cm³/mol. The maximum atomic E-state index is 13.4. The number of fused-ring (bicyclic) bond motifs is 2. The van der Waals surface area contributed by atoms with Crippen LogP contribution in [0.3, 0.4) is 0 Å². The minimum absolute atomic E-state index is 0.240. The van der Waals surface area contributed by atoms with Gasteiger partial charge in [0.05, 0.1) is 27.7 Å². The second kappa shape index (κ2) is 9.03. The molecule has 1 amide bonds. The molecular formula is C27H24N2O5S. The van der Waals surface area contributed by atoms with E-state index in [-0.39, 0.29) is 16.8 Å². The van der Waals surface area contributed by atoms with Crippen molar-refractivity contribution >= 4 is 26.6 Å². The molecule has 0 saturated carbocycles. The van der Waals surface area contributed by atoms with Gasteiger partial charge >= 0.3 is 0 Å². The van der Waals surface area contributed by atoms with Crippen LogP contribution in [0, 0.1) is 0 Å². The monoisotopic (exact) mass is 488 g/mol. The first kappa shape index (κ1) is 22.9. The third-order valence-corrected chi connectivity index (χ3v) is 7.08. The molecule has 2 heterocycles. The van der Waals surface area contributed by atoms with Crippen molar-refractivity contribution in [3.8, 4) is 22.8 Å². The number of ether oxygens (including phenoxy) is 2. The number of sulfone groups is 1. The predicted octanol–water partition coefficient (Wildman–Crippen LogP) is 4.57. The third kappa shape index (κ3) is 4.70. The second-order valence-corrected chi connectivity index (χ2v) is 10.5. The van der Waals surface area contributed by atoms with E-state index in [1.807, 2.05) is 49.4 Å². The van der Waals surface area contributed by atoms with Crippen LogP contribution in [0.5, 0.6) is 11.5 Å². The first-order valence-corrected chi connectivity index (χ1v) is 13.1. The lowest BCUT2D eigenvalue weighted by molar-refractivity contribution is 0.0941. The van der Waals surface area contributed by atoms with Crippen LogP contribution in [0.25, 0.3) is 22.2 Å². The van der Waals surface area contributed by atoms with Gasteiger partial charge in [0.2, 0.25) is 0 Å². The Balaban J connectivity index is 1.48. The summed E-state index contributed by atoms with van der Waals surface area (Å²) in [6.07, 6.45) is 1.17. The van der Waals surface area contributed by atoms with Gasteiger partial charge in [-0.2, -0.15) is 0 Å². The highest BCUT2D eigenvalue weighted by Gasteiger charge is 2.19. The molecule has 178 valence electrons. The van der Waals surface area contributed by atoms with Gasteiger partial charge in [-0.05, 0) is 55.0 Å². The van der Waals surface area contributed by atoms with Gasteiger partial charge in [0, 0.05) is 17.2 Å². The number of pyridine rings is 1. The molecule has 1 aromatic heterocycles. The van der Waals surface area contributed by atoms with Crippen molar-refractivity contribution in [2.45, 2.75) is 17.9 Å². The third-order valence-electron chi connectivity index (χ3n) is 5.95. The lowest BCUT2D eigenvalue weighted by Gasteiger charge is -2.19. The Morgan fingerprint density at radius 2 is 1.66 bits per heavy atom. The lowest BCUT2D eigenvalue weighted by Crippen LogP contribution is -2.27. The SMILES string of the molecule is CC(NC(=O)c1cc(-c2ccc3c(c2)OCCO3)nc2ccccc12)c1ccc(S(C)(=O)=O)cc1.